The van der Waals surface area contributed by atoms with Crippen molar-refractivity contribution >= 4 is 5.97 Å². The van der Waals surface area contributed by atoms with Crippen LogP contribution in [-0.2, 0) is 9.53 Å². The third-order valence-electron chi connectivity index (χ3n) is 4.47. The number of hydrogen-bond acceptors (Lipinski definition) is 2. The van der Waals surface area contributed by atoms with E-state index in [0.29, 0.717) is 6.42 Å². The molecule has 2 atom stereocenters. The smallest absolute Gasteiger partial charge is 0.384 e. The molecule has 0 saturated heterocycles. The van der Waals surface area contributed by atoms with Gasteiger partial charge in [0.1, 0.15) is 0 Å². The van der Waals surface area contributed by atoms with E-state index >= 15 is 0 Å². The summed E-state index contributed by atoms with van der Waals surface area (Å²) >= 11 is 0. The van der Waals surface area contributed by atoms with E-state index in [1.54, 1.807) is 6.08 Å². The first kappa shape index (κ1) is 23.4. The van der Waals surface area contributed by atoms with Crippen LogP contribution in [0.4, 0.5) is 52.7 Å². The molecule has 0 aromatic carbocycles. The van der Waals surface area contributed by atoms with Gasteiger partial charge in [0, 0.05) is 11.5 Å². The number of ether oxygens (including phenoxy) is 1. The fraction of sp³-hybridized carbons (Fsp3) is 0.667. The zero-order chi connectivity index (χ0) is 22.6. The molecule has 0 aromatic heterocycles. The highest BCUT2D eigenvalue weighted by Gasteiger charge is 2.87. The SMILES string of the molecule is O=C(OCC(F)(F)C(F)(F)C(F)(F)C(F)(F)C(F)(F)C(F)F)C1=CC2C=CC1C2. The predicted octanol–water partition coefficient (Wildman–Crippen LogP) is 5.10. The van der Waals surface area contributed by atoms with E-state index < -0.39 is 54.5 Å². The molecule has 0 amide bonds. The van der Waals surface area contributed by atoms with Crippen molar-refractivity contribution in [2.75, 3.05) is 6.61 Å². The van der Waals surface area contributed by atoms with Gasteiger partial charge in [-0.3, -0.25) is 0 Å². The van der Waals surface area contributed by atoms with Gasteiger partial charge in [0.25, 0.3) is 0 Å². The topological polar surface area (TPSA) is 26.3 Å². The molecular formula is C15H10F12O2. The number of rotatable bonds is 8. The van der Waals surface area contributed by atoms with Crippen LogP contribution in [-0.4, -0.2) is 48.6 Å². The van der Waals surface area contributed by atoms with Crippen LogP contribution in [0, 0.1) is 11.8 Å². The molecular weight excluding hydrogens is 440 g/mol. The highest BCUT2D eigenvalue weighted by molar-refractivity contribution is 5.90. The summed E-state index contributed by atoms with van der Waals surface area (Å²) in [6.07, 6.45) is -0.937. The number of allylic oxidation sites excluding steroid dienone is 3. The molecule has 2 rings (SSSR count). The summed E-state index contributed by atoms with van der Waals surface area (Å²) in [4.78, 5) is 11.6. The van der Waals surface area contributed by atoms with Crippen LogP contribution in [0.25, 0.3) is 0 Å². The van der Waals surface area contributed by atoms with Gasteiger partial charge in [0.15, 0.2) is 6.61 Å². The monoisotopic (exact) mass is 450 g/mol. The summed E-state index contributed by atoms with van der Waals surface area (Å²) in [5.41, 5.74) is -0.266. The molecule has 0 N–H and O–H groups in total. The second kappa shape index (κ2) is 6.83. The first-order valence-electron chi connectivity index (χ1n) is 7.64. The molecule has 0 aliphatic heterocycles. The molecule has 2 aliphatic rings. The van der Waals surface area contributed by atoms with Crippen LogP contribution in [0.5, 0.6) is 0 Å². The molecule has 2 nitrogen and oxygen atoms in total. The normalized spacial score (nSPS) is 23.0. The minimum Gasteiger partial charge on any atom is -0.456 e. The van der Waals surface area contributed by atoms with Crippen molar-refractivity contribution in [3.05, 3.63) is 23.8 Å². The lowest BCUT2D eigenvalue weighted by atomic mass is 9.94. The van der Waals surface area contributed by atoms with Gasteiger partial charge in [0.05, 0.1) is 0 Å². The van der Waals surface area contributed by atoms with Crippen molar-refractivity contribution in [1.29, 1.82) is 0 Å². The lowest BCUT2D eigenvalue weighted by Gasteiger charge is -2.38. The Balaban J connectivity index is 2.20. The van der Waals surface area contributed by atoms with E-state index in [-0.39, 0.29) is 11.5 Å². The first-order valence-corrected chi connectivity index (χ1v) is 7.64. The van der Waals surface area contributed by atoms with Gasteiger partial charge in [-0.05, 0) is 12.3 Å². The molecule has 2 aliphatic carbocycles. The Morgan fingerprint density at radius 3 is 1.90 bits per heavy atom. The quantitative estimate of drug-likeness (QED) is 0.292. The number of hydrogen-bond donors (Lipinski definition) is 0. The van der Waals surface area contributed by atoms with E-state index in [0.717, 1.165) is 0 Å². The minimum absolute atomic E-state index is 0.266. The maximum absolute atomic E-state index is 13.5. The number of carbonyl (C=O) groups is 1. The minimum atomic E-state index is -7.63. The van der Waals surface area contributed by atoms with Crippen molar-refractivity contribution in [3.8, 4) is 0 Å². The van der Waals surface area contributed by atoms with E-state index in [4.69, 9.17) is 0 Å². The highest BCUT2D eigenvalue weighted by atomic mass is 19.4. The van der Waals surface area contributed by atoms with E-state index in [9.17, 15) is 57.5 Å². The summed E-state index contributed by atoms with van der Waals surface area (Å²) in [5, 5.41) is 0. The van der Waals surface area contributed by atoms with Crippen LogP contribution in [0.1, 0.15) is 6.42 Å². The maximum Gasteiger partial charge on any atom is 0.384 e. The largest absolute Gasteiger partial charge is 0.456 e. The van der Waals surface area contributed by atoms with Crippen molar-refractivity contribution in [3.63, 3.8) is 0 Å². The number of esters is 1. The van der Waals surface area contributed by atoms with Crippen LogP contribution in [0.2, 0.25) is 0 Å². The average molecular weight is 450 g/mol. The van der Waals surface area contributed by atoms with Crippen LogP contribution in [0.15, 0.2) is 23.8 Å². The van der Waals surface area contributed by atoms with Crippen molar-refractivity contribution in [1.82, 2.24) is 0 Å². The molecule has 2 unspecified atom stereocenters. The second-order valence-corrected chi connectivity index (χ2v) is 6.44. The summed E-state index contributed by atoms with van der Waals surface area (Å²) < 4.78 is 160. The van der Waals surface area contributed by atoms with Gasteiger partial charge in [-0.15, -0.1) is 0 Å². The molecule has 0 fully saturated rings. The molecule has 29 heavy (non-hydrogen) atoms. The Kier molecular flexibility index (Phi) is 5.51. The highest BCUT2D eigenvalue weighted by Crippen LogP contribution is 2.58. The molecule has 0 heterocycles. The Bertz CT molecular complexity index is 725. The van der Waals surface area contributed by atoms with Crippen LogP contribution in [0.3, 0.4) is 0 Å². The van der Waals surface area contributed by atoms with Crippen molar-refractivity contribution < 1.29 is 62.2 Å². The van der Waals surface area contributed by atoms with Crippen LogP contribution >= 0.6 is 0 Å². The number of fused-ring (bicyclic) bond motifs is 2. The molecule has 0 radical (unpaired) electrons. The van der Waals surface area contributed by atoms with E-state index in [1.165, 1.54) is 12.2 Å². The molecule has 0 spiro atoms. The number of alkyl halides is 12. The average Bonchev–Trinajstić information content (AvgIpc) is 3.22. The molecule has 166 valence electrons. The lowest BCUT2D eigenvalue weighted by Crippen LogP contribution is -2.69. The van der Waals surface area contributed by atoms with E-state index in [1.807, 2.05) is 0 Å². The van der Waals surface area contributed by atoms with Gasteiger partial charge >= 0.3 is 42.0 Å². The van der Waals surface area contributed by atoms with Gasteiger partial charge in [-0.2, -0.15) is 43.9 Å². The number of halogens is 12. The molecule has 14 heteroatoms. The van der Waals surface area contributed by atoms with Gasteiger partial charge in [-0.25, -0.2) is 13.6 Å². The van der Waals surface area contributed by atoms with Crippen LogP contribution < -0.4 is 0 Å². The zero-order valence-electron chi connectivity index (χ0n) is 13.7. The van der Waals surface area contributed by atoms with Gasteiger partial charge in [-0.1, -0.05) is 18.2 Å². The van der Waals surface area contributed by atoms with Crippen molar-refractivity contribution in [2.24, 2.45) is 11.8 Å². The summed E-state index contributed by atoms with van der Waals surface area (Å²) in [7, 11) is 0. The summed E-state index contributed by atoms with van der Waals surface area (Å²) in [6.45, 7) is -2.89. The zero-order valence-corrected chi connectivity index (χ0v) is 13.7. The third-order valence-corrected chi connectivity index (χ3v) is 4.47. The molecule has 2 bridgehead atoms. The predicted molar refractivity (Wildman–Crippen MR) is 70.5 cm³/mol. The summed E-state index contributed by atoms with van der Waals surface area (Å²) in [6, 6.07) is 0. The fourth-order valence-corrected chi connectivity index (χ4v) is 2.76. The number of carbonyl (C=O) groups excluding carboxylic acids is 1. The second-order valence-electron chi connectivity index (χ2n) is 6.44. The fourth-order valence-electron chi connectivity index (χ4n) is 2.76. The first-order chi connectivity index (χ1) is 12.9. The Morgan fingerprint density at radius 1 is 0.931 bits per heavy atom. The molecule has 0 aromatic rings. The van der Waals surface area contributed by atoms with Gasteiger partial charge < -0.3 is 4.74 Å². The van der Waals surface area contributed by atoms with Gasteiger partial charge in [0.2, 0.25) is 0 Å². The standard InChI is InChI=1S/C15H10F12O2/c16-10(17)12(20,21)14(24,25)15(26,27)13(22,23)11(18,19)5-29-9(28)8-4-6-1-2-7(8)3-6/h1-2,4,6-7,10H,3,5H2. The van der Waals surface area contributed by atoms with Crippen molar-refractivity contribution in [2.45, 2.75) is 42.5 Å². The maximum atomic E-state index is 13.5. The lowest BCUT2D eigenvalue weighted by molar-refractivity contribution is -0.414. The third kappa shape index (κ3) is 3.37. The Hall–Kier alpha value is -1.89. The summed E-state index contributed by atoms with van der Waals surface area (Å²) in [5.74, 6) is -38.4. The Morgan fingerprint density at radius 2 is 1.48 bits per heavy atom. The molecule has 0 saturated carbocycles. The van der Waals surface area contributed by atoms with E-state index in [2.05, 4.69) is 4.74 Å². The Labute approximate surface area is 154 Å².